The van der Waals surface area contributed by atoms with Crippen LogP contribution in [0.4, 0.5) is 4.39 Å². The number of halogens is 2. The highest BCUT2D eigenvalue weighted by molar-refractivity contribution is 9.10. The Kier molecular flexibility index (Phi) is 7.89. The molecule has 41 heavy (non-hydrogen) atoms. The number of allylic oxidation sites excluding steroid dienone is 1. The fraction of sp³-hybridized carbons (Fsp3) is 0.258. The van der Waals surface area contributed by atoms with Crippen molar-refractivity contribution in [2.24, 2.45) is 4.99 Å². The first-order valence-electron chi connectivity index (χ1n) is 13.0. The van der Waals surface area contributed by atoms with Gasteiger partial charge >= 0.3 is 5.97 Å². The topological polar surface area (TPSA) is 74.8 Å². The van der Waals surface area contributed by atoms with Crippen molar-refractivity contribution in [1.82, 2.24) is 9.13 Å². The van der Waals surface area contributed by atoms with Crippen LogP contribution in [0.3, 0.4) is 0 Å². The van der Waals surface area contributed by atoms with Crippen molar-refractivity contribution < 1.29 is 18.7 Å². The van der Waals surface area contributed by atoms with Crippen LogP contribution in [-0.2, 0) is 9.53 Å². The molecule has 5 rings (SSSR count). The number of ether oxygens (including phenoxy) is 2. The lowest BCUT2D eigenvalue weighted by atomic mass is 9.95. The lowest BCUT2D eigenvalue weighted by Gasteiger charge is -2.26. The fourth-order valence-electron chi connectivity index (χ4n) is 5.14. The summed E-state index contributed by atoms with van der Waals surface area (Å²) in [4.78, 5) is 32.7. The standard InChI is InChI=1S/C31H29BrFN3O4S/c1-16(2)40-30(38)27-18(4)34-31-36(28(27)24-15-21(32)7-12-25(24)39-6)29(37)26(41-31)14-20-13-17(3)35(19(20)5)23-10-8-22(33)9-11-23/h7-16,28H,1-6H3/b26-14-/t28-/m1/s1. The SMILES string of the molecule is COc1ccc(Br)cc1[C@@H]1C(C(=O)OC(C)C)=C(C)N=c2s/c(=C\c3cc(C)n(-c4ccc(F)cc4)c3C)c(=O)n21. The second-order valence-electron chi connectivity index (χ2n) is 10.1. The zero-order chi connectivity index (χ0) is 29.6. The molecule has 0 spiro atoms. The van der Waals surface area contributed by atoms with Crippen LogP contribution >= 0.6 is 27.3 Å². The highest BCUT2D eigenvalue weighted by Crippen LogP contribution is 2.37. The van der Waals surface area contributed by atoms with Crippen molar-refractivity contribution >= 4 is 39.3 Å². The molecule has 7 nitrogen and oxygen atoms in total. The van der Waals surface area contributed by atoms with Gasteiger partial charge in [0, 0.05) is 27.1 Å². The summed E-state index contributed by atoms with van der Waals surface area (Å²) in [5.41, 5.74) is 4.64. The van der Waals surface area contributed by atoms with Gasteiger partial charge in [0.05, 0.1) is 29.0 Å². The summed E-state index contributed by atoms with van der Waals surface area (Å²) in [5, 5.41) is 0. The number of nitrogens with zero attached hydrogens (tertiary/aromatic N) is 3. The second-order valence-corrected chi connectivity index (χ2v) is 12.0. The molecule has 1 aliphatic rings. The molecule has 3 heterocycles. The van der Waals surface area contributed by atoms with Gasteiger partial charge in [0.1, 0.15) is 17.6 Å². The summed E-state index contributed by atoms with van der Waals surface area (Å²) in [5.74, 6) is -0.313. The fourth-order valence-corrected chi connectivity index (χ4v) is 6.55. The van der Waals surface area contributed by atoms with E-state index >= 15 is 0 Å². The summed E-state index contributed by atoms with van der Waals surface area (Å²) in [6.45, 7) is 9.23. The van der Waals surface area contributed by atoms with Crippen molar-refractivity contribution in [3.63, 3.8) is 0 Å². The zero-order valence-corrected chi connectivity index (χ0v) is 25.9. The molecular formula is C31H29BrFN3O4S. The van der Waals surface area contributed by atoms with Crippen molar-refractivity contribution in [2.45, 2.75) is 46.8 Å². The molecule has 212 valence electrons. The monoisotopic (exact) mass is 637 g/mol. The van der Waals surface area contributed by atoms with Gasteiger partial charge in [-0.05, 0) is 94.8 Å². The predicted octanol–water partition coefficient (Wildman–Crippen LogP) is 5.50. The number of fused-ring (bicyclic) bond motifs is 1. The predicted molar refractivity (Wildman–Crippen MR) is 161 cm³/mol. The molecule has 0 unspecified atom stereocenters. The summed E-state index contributed by atoms with van der Waals surface area (Å²) < 4.78 is 29.6. The minimum Gasteiger partial charge on any atom is -0.496 e. The average Bonchev–Trinajstić information content (AvgIpc) is 3.37. The Bertz CT molecular complexity index is 1880. The third-order valence-corrected chi connectivity index (χ3v) is 8.39. The van der Waals surface area contributed by atoms with E-state index in [1.807, 2.05) is 42.7 Å². The molecule has 1 atom stereocenters. The number of rotatable bonds is 6. The molecule has 0 saturated heterocycles. The number of carbonyl (C=O) groups is 1. The maximum Gasteiger partial charge on any atom is 0.338 e. The third kappa shape index (κ3) is 5.34. The Morgan fingerprint density at radius 3 is 2.49 bits per heavy atom. The van der Waals surface area contributed by atoms with Gasteiger partial charge in [-0.25, -0.2) is 14.2 Å². The van der Waals surface area contributed by atoms with Crippen LogP contribution in [0.1, 0.15) is 49.3 Å². The molecule has 4 aromatic rings. The number of hydrogen-bond acceptors (Lipinski definition) is 6. The van der Waals surface area contributed by atoms with E-state index < -0.39 is 12.0 Å². The Morgan fingerprint density at radius 2 is 1.83 bits per heavy atom. The zero-order valence-electron chi connectivity index (χ0n) is 23.5. The first-order chi connectivity index (χ1) is 19.5. The maximum atomic E-state index is 14.1. The van der Waals surface area contributed by atoms with Gasteiger partial charge in [-0.15, -0.1) is 0 Å². The number of aryl methyl sites for hydroxylation is 1. The minimum absolute atomic E-state index is 0.281. The summed E-state index contributed by atoms with van der Waals surface area (Å²) in [6.07, 6.45) is 1.49. The molecule has 10 heteroatoms. The van der Waals surface area contributed by atoms with Crippen molar-refractivity contribution in [1.29, 1.82) is 0 Å². The van der Waals surface area contributed by atoms with Crippen molar-refractivity contribution in [3.05, 3.63) is 112 Å². The van der Waals surface area contributed by atoms with Crippen LogP contribution in [0.2, 0.25) is 0 Å². The van der Waals surface area contributed by atoms with Crippen LogP contribution in [0.25, 0.3) is 11.8 Å². The number of esters is 1. The Balaban J connectivity index is 1.72. The van der Waals surface area contributed by atoms with Gasteiger partial charge in [-0.2, -0.15) is 0 Å². The van der Waals surface area contributed by atoms with Gasteiger partial charge in [0.2, 0.25) is 0 Å². The molecule has 0 amide bonds. The average molecular weight is 639 g/mol. The molecular weight excluding hydrogens is 609 g/mol. The third-order valence-electron chi connectivity index (χ3n) is 6.91. The van der Waals surface area contributed by atoms with Crippen molar-refractivity contribution in [2.75, 3.05) is 7.11 Å². The largest absolute Gasteiger partial charge is 0.496 e. The van der Waals surface area contributed by atoms with Crippen LogP contribution in [0, 0.1) is 19.7 Å². The lowest BCUT2D eigenvalue weighted by molar-refractivity contribution is -0.143. The molecule has 2 aromatic carbocycles. The van der Waals surface area contributed by atoms with E-state index in [9.17, 15) is 14.0 Å². The van der Waals surface area contributed by atoms with E-state index in [-0.39, 0.29) is 23.1 Å². The Labute approximate surface area is 249 Å². The van der Waals surface area contributed by atoms with Crippen LogP contribution in [-0.4, -0.2) is 28.3 Å². The van der Waals surface area contributed by atoms with Crippen LogP contribution < -0.4 is 19.6 Å². The maximum absolute atomic E-state index is 14.1. The van der Waals surface area contributed by atoms with E-state index in [0.29, 0.717) is 26.3 Å². The van der Waals surface area contributed by atoms with Crippen LogP contribution in [0.5, 0.6) is 5.75 Å². The van der Waals surface area contributed by atoms with E-state index in [1.165, 1.54) is 23.5 Å². The number of methoxy groups -OCH3 is 1. The summed E-state index contributed by atoms with van der Waals surface area (Å²) in [6, 6.07) is 12.9. The molecule has 0 fully saturated rings. The molecule has 0 radical (unpaired) electrons. The first kappa shape index (κ1) is 28.8. The quantitative estimate of drug-likeness (QED) is 0.262. The molecule has 0 bridgehead atoms. The van der Waals surface area contributed by atoms with E-state index in [0.717, 1.165) is 27.1 Å². The van der Waals surface area contributed by atoms with Gasteiger partial charge < -0.3 is 14.0 Å². The molecule has 1 aliphatic heterocycles. The first-order valence-corrected chi connectivity index (χ1v) is 14.6. The number of aromatic nitrogens is 2. The summed E-state index contributed by atoms with van der Waals surface area (Å²) in [7, 11) is 1.55. The van der Waals surface area contributed by atoms with E-state index in [4.69, 9.17) is 9.47 Å². The molecule has 0 aliphatic carbocycles. The Hall–Kier alpha value is -3.76. The second kappa shape index (κ2) is 11.3. The molecule has 0 saturated carbocycles. The number of carbonyl (C=O) groups excluding carboxylic acids is 1. The van der Waals surface area contributed by atoms with Crippen LogP contribution in [0.15, 0.2) is 74.1 Å². The number of thiazole rings is 1. The van der Waals surface area contributed by atoms with E-state index in [1.54, 1.807) is 50.6 Å². The van der Waals surface area contributed by atoms with Gasteiger partial charge in [0.15, 0.2) is 4.80 Å². The van der Waals surface area contributed by atoms with E-state index in [2.05, 4.69) is 20.9 Å². The highest BCUT2D eigenvalue weighted by Gasteiger charge is 2.35. The normalized spacial score (nSPS) is 15.2. The Morgan fingerprint density at radius 1 is 1.12 bits per heavy atom. The van der Waals surface area contributed by atoms with Gasteiger partial charge in [-0.3, -0.25) is 9.36 Å². The summed E-state index contributed by atoms with van der Waals surface area (Å²) >= 11 is 4.78. The molecule has 0 N–H and O–H groups in total. The lowest BCUT2D eigenvalue weighted by Crippen LogP contribution is -2.40. The minimum atomic E-state index is -0.807. The highest BCUT2D eigenvalue weighted by atomic mass is 79.9. The number of benzene rings is 2. The smallest absolute Gasteiger partial charge is 0.338 e. The number of hydrogen-bond donors (Lipinski definition) is 0. The van der Waals surface area contributed by atoms with Gasteiger partial charge in [0.25, 0.3) is 5.56 Å². The van der Waals surface area contributed by atoms with Crippen molar-refractivity contribution in [3.8, 4) is 11.4 Å². The molecule has 2 aromatic heterocycles. The van der Waals surface area contributed by atoms with Gasteiger partial charge in [-0.1, -0.05) is 27.3 Å².